The quantitative estimate of drug-likeness (QED) is 0.308. The average Bonchev–Trinajstić information content (AvgIpc) is 3.05. The van der Waals surface area contributed by atoms with Crippen molar-refractivity contribution in [2.24, 2.45) is 0 Å². The molecular weight excluding hydrogens is 545 g/mol. The lowest BCUT2D eigenvalue weighted by Crippen LogP contribution is -2.38. The number of amides is 5. The second-order valence-electron chi connectivity index (χ2n) is 9.04. The number of nitrogens with zero attached hydrogens (tertiary/aromatic N) is 2. The van der Waals surface area contributed by atoms with E-state index >= 15 is 0 Å². The number of aliphatic carboxylic acids is 1. The van der Waals surface area contributed by atoms with Crippen molar-refractivity contribution < 1.29 is 33.5 Å². The highest BCUT2D eigenvalue weighted by molar-refractivity contribution is 6.10. The zero-order valence-corrected chi connectivity index (χ0v) is 23.4. The number of likely N-dealkylation sites (N-methyl/N-ethyl adjacent to an activating group) is 1. The summed E-state index contributed by atoms with van der Waals surface area (Å²) in [5.41, 5.74) is 1.98. The zero-order valence-electron chi connectivity index (χ0n) is 23.4. The van der Waals surface area contributed by atoms with Crippen LogP contribution < -0.4 is 20.9 Å². The number of urea groups is 1. The fraction of sp³-hybridized carbons (Fsp3) is 0.233. The van der Waals surface area contributed by atoms with E-state index in [1.807, 2.05) is 13.8 Å². The van der Waals surface area contributed by atoms with Gasteiger partial charge in [0.05, 0.1) is 29.8 Å². The molecule has 0 spiro atoms. The van der Waals surface area contributed by atoms with Gasteiger partial charge < -0.3 is 30.9 Å². The highest BCUT2D eigenvalue weighted by Crippen LogP contribution is 2.28. The van der Waals surface area contributed by atoms with Crippen molar-refractivity contribution in [3.05, 3.63) is 83.7 Å². The average molecular weight is 578 g/mol. The maximum Gasteiger partial charge on any atom is 0.323 e. The molecule has 4 N–H and O–H groups in total. The number of halogens is 1. The van der Waals surface area contributed by atoms with Gasteiger partial charge >= 0.3 is 12.0 Å². The minimum Gasteiger partial charge on any atom is -0.481 e. The maximum absolute atomic E-state index is 13.7. The smallest absolute Gasteiger partial charge is 0.323 e. The molecule has 0 saturated carbocycles. The predicted molar refractivity (Wildman–Crippen MR) is 157 cm³/mol. The van der Waals surface area contributed by atoms with Crippen molar-refractivity contribution >= 4 is 52.5 Å². The van der Waals surface area contributed by atoms with Crippen LogP contribution in [0.5, 0.6) is 0 Å². The third-order valence-electron chi connectivity index (χ3n) is 6.15. The first-order valence-electron chi connectivity index (χ1n) is 13.2. The molecule has 42 heavy (non-hydrogen) atoms. The molecule has 12 heteroatoms. The van der Waals surface area contributed by atoms with E-state index in [1.165, 1.54) is 41.1 Å². The molecular formula is C30H32FN5O6. The minimum atomic E-state index is -1.09. The molecule has 0 radical (unpaired) electrons. The van der Waals surface area contributed by atoms with Gasteiger partial charge in [-0.25, -0.2) is 9.18 Å². The first-order chi connectivity index (χ1) is 20.1. The fourth-order valence-corrected chi connectivity index (χ4v) is 4.08. The van der Waals surface area contributed by atoms with E-state index < -0.39 is 23.7 Å². The first kappa shape index (κ1) is 31.3. The Morgan fingerprint density at radius 3 is 2.24 bits per heavy atom. The molecule has 0 bridgehead atoms. The van der Waals surface area contributed by atoms with Gasteiger partial charge in [-0.05, 0) is 48.0 Å². The summed E-state index contributed by atoms with van der Waals surface area (Å²) in [4.78, 5) is 63.9. The second-order valence-corrected chi connectivity index (χ2v) is 9.04. The van der Waals surface area contributed by atoms with Gasteiger partial charge in [-0.2, -0.15) is 0 Å². The first-order valence-corrected chi connectivity index (χ1v) is 13.2. The molecule has 0 atom stereocenters. The highest BCUT2D eigenvalue weighted by atomic mass is 19.1. The fourth-order valence-electron chi connectivity index (χ4n) is 4.08. The van der Waals surface area contributed by atoms with Gasteiger partial charge in [-0.3, -0.25) is 19.2 Å². The summed E-state index contributed by atoms with van der Waals surface area (Å²) in [5, 5.41) is 16.7. The summed E-state index contributed by atoms with van der Waals surface area (Å²) in [6.07, 6.45) is -0.311. The van der Waals surface area contributed by atoms with E-state index in [1.54, 1.807) is 42.5 Å². The van der Waals surface area contributed by atoms with Gasteiger partial charge in [0, 0.05) is 25.0 Å². The number of nitrogens with one attached hydrogen (secondary N) is 3. The molecule has 220 valence electrons. The lowest BCUT2D eigenvalue weighted by molar-refractivity contribution is -0.137. The number of anilines is 4. The summed E-state index contributed by atoms with van der Waals surface area (Å²) in [5.74, 6) is -2.89. The number of para-hydroxylation sites is 1. The van der Waals surface area contributed by atoms with E-state index in [2.05, 4.69) is 16.0 Å². The number of fused-ring (bicyclic) bond motifs is 1. The van der Waals surface area contributed by atoms with Crippen LogP contribution in [0.4, 0.5) is 31.9 Å². The normalized spacial score (nSPS) is 12.4. The Morgan fingerprint density at radius 1 is 0.905 bits per heavy atom. The largest absolute Gasteiger partial charge is 0.481 e. The Labute approximate surface area is 242 Å². The van der Waals surface area contributed by atoms with Crippen LogP contribution in [0.3, 0.4) is 0 Å². The number of carbonyl (C=O) groups is 5. The zero-order chi connectivity index (χ0) is 30.8. The highest BCUT2D eigenvalue weighted by Gasteiger charge is 2.30. The summed E-state index contributed by atoms with van der Waals surface area (Å²) >= 11 is 0. The third-order valence-corrected chi connectivity index (χ3v) is 6.15. The molecule has 1 aliphatic rings. The number of carboxylic acid groups (broad SMARTS) is 1. The topological polar surface area (TPSA) is 148 Å². The standard InChI is InChI=1S/C28H26FN5O6.C2H6/c1-33-23-11-10-19(15-20(23)27(39)34(16-25(33)36)13-12-26(37)38)30-24(35)14-17-6-8-18(9-7-17)31-28(40)32-22-5-3-2-4-21(22)29;1-2/h2-11,15H,12-14,16H2,1H3,(H,30,35)(H,37,38)(H2,31,32,40);1-2H3. The Bertz CT molecular complexity index is 1480. The van der Waals surface area contributed by atoms with Gasteiger partial charge in [0.25, 0.3) is 5.91 Å². The van der Waals surface area contributed by atoms with Crippen LogP contribution in [0.2, 0.25) is 0 Å². The Morgan fingerprint density at radius 2 is 1.57 bits per heavy atom. The Kier molecular flexibility index (Phi) is 10.7. The van der Waals surface area contributed by atoms with Gasteiger partial charge in [0.2, 0.25) is 11.8 Å². The number of carbonyl (C=O) groups excluding carboxylic acids is 4. The summed E-state index contributed by atoms with van der Waals surface area (Å²) in [7, 11) is 1.52. The van der Waals surface area contributed by atoms with Crippen molar-refractivity contribution in [1.82, 2.24) is 4.90 Å². The second kappa shape index (κ2) is 14.4. The Hall–Kier alpha value is -5.26. The molecule has 0 saturated heterocycles. The molecule has 0 fully saturated rings. The Balaban J connectivity index is 0.00000237. The lowest BCUT2D eigenvalue weighted by Gasteiger charge is -2.19. The molecule has 11 nitrogen and oxygen atoms in total. The third kappa shape index (κ3) is 8.13. The van der Waals surface area contributed by atoms with E-state index in [0.29, 0.717) is 22.6 Å². The van der Waals surface area contributed by atoms with Crippen LogP contribution in [-0.4, -0.2) is 59.9 Å². The summed E-state index contributed by atoms with van der Waals surface area (Å²) in [6, 6.07) is 16.2. The monoisotopic (exact) mass is 577 g/mol. The van der Waals surface area contributed by atoms with Gasteiger partial charge in [0.15, 0.2) is 0 Å². The molecule has 0 unspecified atom stereocenters. The van der Waals surface area contributed by atoms with Crippen molar-refractivity contribution in [1.29, 1.82) is 0 Å². The predicted octanol–water partition coefficient (Wildman–Crippen LogP) is 4.57. The molecule has 3 aromatic rings. The van der Waals surface area contributed by atoms with Crippen molar-refractivity contribution in [2.75, 3.05) is 41.0 Å². The molecule has 5 amide bonds. The van der Waals surface area contributed by atoms with Gasteiger partial charge in [0.1, 0.15) is 12.4 Å². The minimum absolute atomic E-state index is 0.00411. The number of rotatable bonds is 8. The van der Waals surface area contributed by atoms with E-state index in [0.717, 1.165) is 0 Å². The molecule has 3 aromatic carbocycles. The molecule has 1 heterocycles. The molecule has 0 aliphatic carbocycles. The number of hydrogen-bond acceptors (Lipinski definition) is 5. The SMILES string of the molecule is CC.CN1C(=O)CN(CCC(=O)O)C(=O)c2cc(NC(=O)Cc3ccc(NC(=O)Nc4ccccc4F)cc3)ccc21. The summed E-state index contributed by atoms with van der Waals surface area (Å²) < 4.78 is 13.7. The van der Waals surface area contributed by atoms with E-state index in [-0.39, 0.29) is 49.0 Å². The lowest BCUT2D eigenvalue weighted by atomic mass is 10.1. The van der Waals surface area contributed by atoms with E-state index in [4.69, 9.17) is 5.11 Å². The van der Waals surface area contributed by atoms with Crippen molar-refractivity contribution in [2.45, 2.75) is 26.7 Å². The molecule has 1 aliphatic heterocycles. The van der Waals surface area contributed by atoms with Crippen LogP contribution in [0.15, 0.2) is 66.7 Å². The molecule has 0 aromatic heterocycles. The van der Waals surface area contributed by atoms with Crippen LogP contribution in [0.1, 0.15) is 36.2 Å². The number of benzene rings is 3. The summed E-state index contributed by atoms with van der Waals surface area (Å²) in [6.45, 7) is 3.62. The van der Waals surface area contributed by atoms with Crippen molar-refractivity contribution in [3.8, 4) is 0 Å². The maximum atomic E-state index is 13.7. The number of hydrogen-bond donors (Lipinski definition) is 4. The van der Waals surface area contributed by atoms with Gasteiger partial charge in [-0.1, -0.05) is 38.1 Å². The molecule has 4 rings (SSSR count). The van der Waals surface area contributed by atoms with Crippen LogP contribution in [0, 0.1) is 5.82 Å². The van der Waals surface area contributed by atoms with Crippen molar-refractivity contribution in [3.63, 3.8) is 0 Å². The van der Waals surface area contributed by atoms with Crippen LogP contribution >= 0.6 is 0 Å². The van der Waals surface area contributed by atoms with Crippen LogP contribution in [-0.2, 0) is 20.8 Å². The number of carboxylic acids is 1. The van der Waals surface area contributed by atoms with Crippen LogP contribution in [0.25, 0.3) is 0 Å². The van der Waals surface area contributed by atoms with Gasteiger partial charge in [-0.15, -0.1) is 0 Å². The van der Waals surface area contributed by atoms with E-state index in [9.17, 15) is 28.4 Å².